The number of thiophene rings is 1. The van der Waals surface area contributed by atoms with Gasteiger partial charge in [0.25, 0.3) is 5.56 Å². The third-order valence-corrected chi connectivity index (χ3v) is 8.06. The average molecular weight is 483 g/mol. The van der Waals surface area contributed by atoms with Crippen LogP contribution in [0.4, 0.5) is 0 Å². The summed E-state index contributed by atoms with van der Waals surface area (Å²) in [6, 6.07) is 14.0. The number of carbonyl (C=O) groups is 1. The van der Waals surface area contributed by atoms with Gasteiger partial charge in [0.15, 0.2) is 5.16 Å². The number of rotatable bonds is 5. The first-order valence-electron chi connectivity index (χ1n) is 10.3. The van der Waals surface area contributed by atoms with E-state index < -0.39 is 5.97 Å². The van der Waals surface area contributed by atoms with E-state index in [0.717, 1.165) is 52.7 Å². The second kappa shape index (κ2) is 8.73. The summed E-state index contributed by atoms with van der Waals surface area (Å²) in [6.45, 7) is 0. The third kappa shape index (κ3) is 3.96. The van der Waals surface area contributed by atoms with Crippen LogP contribution in [-0.4, -0.2) is 20.6 Å². The highest BCUT2D eigenvalue weighted by Crippen LogP contribution is 2.35. The van der Waals surface area contributed by atoms with Gasteiger partial charge in [-0.2, -0.15) is 0 Å². The Morgan fingerprint density at radius 3 is 2.53 bits per heavy atom. The summed E-state index contributed by atoms with van der Waals surface area (Å²) < 4.78 is 1.68. The van der Waals surface area contributed by atoms with Crippen LogP contribution in [0.15, 0.2) is 58.5 Å². The molecule has 1 aliphatic rings. The van der Waals surface area contributed by atoms with Gasteiger partial charge in [0.2, 0.25) is 0 Å². The first kappa shape index (κ1) is 21.2. The Kier molecular flexibility index (Phi) is 5.80. The maximum absolute atomic E-state index is 13.7. The number of hydrogen-bond donors (Lipinski definition) is 1. The largest absolute Gasteiger partial charge is 0.478 e. The van der Waals surface area contributed by atoms with Crippen molar-refractivity contribution in [2.24, 2.45) is 0 Å². The minimum absolute atomic E-state index is 0.0413. The lowest BCUT2D eigenvalue weighted by molar-refractivity contribution is 0.0697. The summed E-state index contributed by atoms with van der Waals surface area (Å²) in [7, 11) is 0. The molecular formula is C24H19ClN2O3S2. The number of halogens is 1. The van der Waals surface area contributed by atoms with Crippen molar-refractivity contribution in [3.05, 3.63) is 85.5 Å². The van der Waals surface area contributed by atoms with E-state index in [-0.39, 0.29) is 11.1 Å². The van der Waals surface area contributed by atoms with Gasteiger partial charge in [-0.1, -0.05) is 35.5 Å². The summed E-state index contributed by atoms with van der Waals surface area (Å²) in [6.07, 6.45) is 4.19. The Morgan fingerprint density at radius 2 is 1.81 bits per heavy atom. The van der Waals surface area contributed by atoms with Gasteiger partial charge in [-0.25, -0.2) is 9.78 Å². The molecule has 0 radical (unpaired) electrons. The first-order chi connectivity index (χ1) is 15.5. The van der Waals surface area contributed by atoms with Crippen LogP contribution in [0, 0.1) is 0 Å². The number of aryl methyl sites for hydroxylation is 2. The SMILES string of the molecule is O=C(O)c1ccc(CSc2nc3sc4c(c3c(=O)n2-c2ccc(Cl)cc2)CCCC4)cc1. The molecule has 0 aliphatic heterocycles. The zero-order chi connectivity index (χ0) is 22.2. The van der Waals surface area contributed by atoms with Crippen molar-refractivity contribution < 1.29 is 9.90 Å². The highest BCUT2D eigenvalue weighted by molar-refractivity contribution is 7.98. The predicted molar refractivity (Wildman–Crippen MR) is 130 cm³/mol. The molecule has 32 heavy (non-hydrogen) atoms. The molecule has 1 N–H and O–H groups in total. The van der Waals surface area contributed by atoms with Crippen molar-refractivity contribution in [1.82, 2.24) is 9.55 Å². The second-order valence-electron chi connectivity index (χ2n) is 7.69. The Bertz CT molecular complexity index is 1380. The molecule has 5 nitrogen and oxygen atoms in total. The summed E-state index contributed by atoms with van der Waals surface area (Å²) >= 11 is 9.18. The zero-order valence-electron chi connectivity index (χ0n) is 17.0. The molecule has 1 aliphatic carbocycles. The van der Waals surface area contributed by atoms with Gasteiger partial charge in [0, 0.05) is 15.7 Å². The Morgan fingerprint density at radius 1 is 1.09 bits per heavy atom. The summed E-state index contributed by atoms with van der Waals surface area (Å²) in [5, 5.41) is 11.1. The normalized spacial score (nSPS) is 13.3. The van der Waals surface area contributed by atoms with E-state index in [1.54, 1.807) is 52.3 Å². The number of nitrogens with zero attached hydrogens (tertiary/aromatic N) is 2. The molecule has 8 heteroatoms. The van der Waals surface area contributed by atoms with Crippen LogP contribution < -0.4 is 5.56 Å². The number of thioether (sulfide) groups is 1. The van der Waals surface area contributed by atoms with Crippen LogP contribution in [0.25, 0.3) is 15.9 Å². The van der Waals surface area contributed by atoms with E-state index in [9.17, 15) is 9.59 Å². The van der Waals surface area contributed by atoms with Gasteiger partial charge in [0.05, 0.1) is 16.6 Å². The van der Waals surface area contributed by atoms with Gasteiger partial charge < -0.3 is 5.11 Å². The van der Waals surface area contributed by atoms with Crippen molar-refractivity contribution in [3.8, 4) is 5.69 Å². The van der Waals surface area contributed by atoms with Crippen molar-refractivity contribution in [3.63, 3.8) is 0 Å². The molecule has 0 spiro atoms. The highest BCUT2D eigenvalue weighted by atomic mass is 35.5. The molecule has 2 aromatic heterocycles. The van der Waals surface area contributed by atoms with Crippen LogP contribution in [0.1, 0.15) is 39.2 Å². The lowest BCUT2D eigenvalue weighted by atomic mass is 9.97. The van der Waals surface area contributed by atoms with E-state index >= 15 is 0 Å². The monoisotopic (exact) mass is 482 g/mol. The van der Waals surface area contributed by atoms with Gasteiger partial charge in [-0.3, -0.25) is 9.36 Å². The number of aromatic nitrogens is 2. The van der Waals surface area contributed by atoms with Gasteiger partial charge in [-0.05, 0) is 73.2 Å². The molecule has 2 aromatic carbocycles. The highest BCUT2D eigenvalue weighted by Gasteiger charge is 2.23. The quantitative estimate of drug-likeness (QED) is 0.280. The minimum atomic E-state index is -0.949. The number of benzene rings is 2. The molecule has 4 aromatic rings. The fourth-order valence-corrected chi connectivity index (χ4v) is 6.39. The minimum Gasteiger partial charge on any atom is -0.478 e. The standard InChI is InChI=1S/C24H19ClN2O3S2/c25-16-9-11-17(12-10-16)27-22(28)20-18-3-1-2-4-19(18)32-21(20)26-24(27)31-13-14-5-7-15(8-6-14)23(29)30/h5-12H,1-4,13H2,(H,29,30). The molecule has 0 unspecified atom stereocenters. The predicted octanol–water partition coefficient (Wildman–Crippen LogP) is 5.97. The lowest BCUT2D eigenvalue weighted by Gasteiger charge is -2.14. The van der Waals surface area contributed by atoms with E-state index in [1.165, 1.54) is 16.6 Å². The van der Waals surface area contributed by atoms with Crippen LogP contribution in [0.5, 0.6) is 0 Å². The maximum Gasteiger partial charge on any atom is 0.335 e. The lowest BCUT2D eigenvalue weighted by Crippen LogP contribution is -2.22. The maximum atomic E-state index is 13.7. The third-order valence-electron chi connectivity index (χ3n) is 5.61. The fraction of sp³-hybridized carbons (Fsp3) is 0.208. The topological polar surface area (TPSA) is 72.2 Å². The van der Waals surface area contributed by atoms with Gasteiger partial charge in [0.1, 0.15) is 4.83 Å². The van der Waals surface area contributed by atoms with Crippen molar-refractivity contribution in [1.29, 1.82) is 0 Å². The molecule has 2 heterocycles. The molecule has 0 bridgehead atoms. The van der Waals surface area contributed by atoms with E-state index in [1.807, 2.05) is 12.1 Å². The van der Waals surface area contributed by atoms with Gasteiger partial charge >= 0.3 is 5.97 Å². The summed E-state index contributed by atoms with van der Waals surface area (Å²) in [4.78, 5) is 31.8. The molecule has 162 valence electrons. The smallest absolute Gasteiger partial charge is 0.335 e. The number of aromatic carboxylic acids is 1. The van der Waals surface area contributed by atoms with Crippen molar-refractivity contribution >= 4 is 50.9 Å². The average Bonchev–Trinajstić information content (AvgIpc) is 3.17. The Hall–Kier alpha value is -2.61. The molecule has 0 saturated carbocycles. The Labute approximate surface area is 197 Å². The van der Waals surface area contributed by atoms with Crippen LogP contribution in [0.2, 0.25) is 5.02 Å². The summed E-state index contributed by atoms with van der Waals surface area (Å²) in [5.41, 5.74) is 3.06. The van der Waals surface area contributed by atoms with Crippen molar-refractivity contribution in [2.45, 2.75) is 36.6 Å². The van der Waals surface area contributed by atoms with E-state index in [2.05, 4.69) is 0 Å². The van der Waals surface area contributed by atoms with E-state index in [4.69, 9.17) is 21.7 Å². The molecule has 0 fully saturated rings. The number of carboxylic acid groups (broad SMARTS) is 1. The summed E-state index contributed by atoms with van der Waals surface area (Å²) in [5.74, 6) is -0.383. The molecule has 0 atom stereocenters. The van der Waals surface area contributed by atoms with Crippen LogP contribution >= 0.6 is 34.7 Å². The van der Waals surface area contributed by atoms with Crippen LogP contribution in [0.3, 0.4) is 0 Å². The number of hydrogen-bond acceptors (Lipinski definition) is 5. The van der Waals surface area contributed by atoms with Gasteiger partial charge in [-0.15, -0.1) is 11.3 Å². The first-order valence-corrected chi connectivity index (χ1v) is 12.5. The second-order valence-corrected chi connectivity index (χ2v) is 10.2. The van der Waals surface area contributed by atoms with Crippen molar-refractivity contribution in [2.75, 3.05) is 0 Å². The molecular weight excluding hydrogens is 464 g/mol. The molecule has 0 saturated heterocycles. The molecule has 5 rings (SSSR count). The van der Waals surface area contributed by atoms with Crippen LogP contribution in [-0.2, 0) is 18.6 Å². The zero-order valence-corrected chi connectivity index (χ0v) is 19.4. The number of fused-ring (bicyclic) bond motifs is 3. The molecule has 0 amide bonds. The number of carboxylic acids is 1. The fourth-order valence-electron chi connectivity index (χ4n) is 3.99. The Balaban J connectivity index is 1.60. The van der Waals surface area contributed by atoms with E-state index in [0.29, 0.717) is 15.9 Å².